The van der Waals surface area contributed by atoms with Crippen molar-refractivity contribution in [3.05, 3.63) is 76.6 Å². The van der Waals surface area contributed by atoms with Gasteiger partial charge in [-0.15, -0.1) is 0 Å². The number of allylic oxidation sites excluding steroid dienone is 6. The van der Waals surface area contributed by atoms with Gasteiger partial charge in [0.2, 0.25) is 41.4 Å². The van der Waals surface area contributed by atoms with E-state index in [0.29, 0.717) is 56.4 Å². The summed E-state index contributed by atoms with van der Waals surface area (Å²) in [7, 11) is -6.15. The predicted molar refractivity (Wildman–Crippen MR) is 338 cm³/mol. The number of aryl methyl sites for hydroxylation is 2. The minimum Gasteiger partial charge on any atom is -0.756 e. The largest absolute Gasteiger partial charge is 3.00 e. The number of hydrogen-bond acceptors (Lipinski definition) is 18. The topological polar surface area (TPSA) is 465 Å². The zero-order chi connectivity index (χ0) is 70.3. The SMILES string of the molecule is CC1=C2[N-][C@@H]([C@H](CC(N)=O)[C@@]2(C)CCC(=O)NC[C@@H](C)OP(=O)([O-])O[C@H]2[C@@H](O)[C@@H](n3cnc4cc(C)c(C)cc43)O[C@@H]2CO)[C@]2(C)N=C(C(C)=C3N=C(C=C4N=C1[C@@H](CCC(N)=O)C4(C)C)[C@@H](CCC(N)=O)[C@]3(C)CC(N)=O)[C@@H](CCC(N)=O)[C@]2(C)CC(N)=O.[2H][13C-]([2H])[2H].[Co+3]. The number of nitrogens with two attached hydrogens (primary N) is 6. The first-order chi connectivity index (χ1) is 43.6. The van der Waals surface area contributed by atoms with Crippen LogP contribution in [0.25, 0.3) is 16.4 Å². The van der Waals surface area contributed by atoms with Crippen molar-refractivity contribution in [2.45, 2.75) is 189 Å². The molecule has 8 rings (SSSR count). The zero-order valence-corrected chi connectivity index (χ0v) is 55.9. The number of aliphatic imine (C=N–C) groups is 3. The molecule has 2 aromatic rings. The molecule has 27 nitrogen and oxygen atoms in total. The molecule has 0 radical (unpaired) electrons. The molecule has 6 aliphatic rings. The average molecular weight is 1350 g/mol. The summed E-state index contributed by atoms with van der Waals surface area (Å²) in [6, 6.07) is 2.65. The number of phosphoric ester groups is 1. The van der Waals surface area contributed by atoms with E-state index < -0.39 is 151 Å². The standard InChI is InChI=1S/C62H90N13O14P.CH3.Co/c1-29-20-39-40(21-30(29)2)75(28-70-39)57-52(84)53(41(27-76)87-57)89-90(85,86)88-31(3)26-69-49(83)18-19-59(8)37(22-46(66)80)56-62(11)61(10,25-48(68)82)36(14-17-45(65)79)51(74-62)33(5)55-60(9,24-47(67)81)34(12-15-43(63)77)38(71-55)23-42-58(6,7)35(13-16-44(64)78)50(72-42)32(4)54(59)73-56;;/h20-21,23,28,31,34-37,41,52-53,56-57,76,84H,12-19,22,24-27H2,1-11H3,(H15,63,64,65,66,67,68,69,71,72,73,74,77,78,79,80,81,82,83,85,86);1H3;/q;-1;+3/p-2/t31-,34-,35-,36-,37+,41-,52-,53-,56+,57+,59-,60+,61+,62+;;/m1../s1/i;1+1D3;. The molecule has 1 aromatic carbocycles. The zero-order valence-electron chi connectivity index (χ0n) is 57.0. The number of rotatable bonds is 26. The second-order valence-corrected chi connectivity index (χ2v) is 28.3. The molecule has 7 heterocycles. The first-order valence-electron chi connectivity index (χ1n) is 32.0. The van der Waals surface area contributed by atoms with Crippen LogP contribution in [-0.2, 0) is 68.7 Å². The molecule has 1 aromatic heterocycles. The minimum absolute atomic E-state index is 0. The Bertz CT molecular complexity index is 3610. The van der Waals surface area contributed by atoms with Crippen molar-refractivity contribution < 1.29 is 87.9 Å². The van der Waals surface area contributed by atoms with Crippen LogP contribution in [0.2, 0.25) is 0 Å². The van der Waals surface area contributed by atoms with E-state index in [1.807, 2.05) is 80.5 Å². The number of phosphoric acid groups is 1. The molecule has 7 amide bonds. The number of carbonyl (C=O) groups excluding carboxylic acids is 7. The van der Waals surface area contributed by atoms with Crippen LogP contribution >= 0.6 is 7.82 Å². The van der Waals surface area contributed by atoms with Gasteiger partial charge in [-0.3, -0.25) is 53.1 Å². The van der Waals surface area contributed by atoms with E-state index in [2.05, 4.69) is 10.3 Å². The molecule has 506 valence electrons. The van der Waals surface area contributed by atoms with Gasteiger partial charge in [0.15, 0.2) is 6.23 Å². The number of nitrogens with zero attached hydrogens (tertiary/aromatic N) is 6. The molecule has 0 aliphatic carbocycles. The van der Waals surface area contributed by atoms with Crippen LogP contribution in [0.3, 0.4) is 0 Å². The molecule has 15 atom stereocenters. The van der Waals surface area contributed by atoms with E-state index in [1.54, 1.807) is 6.92 Å². The summed E-state index contributed by atoms with van der Waals surface area (Å²) in [4.78, 5) is 128. The number of fused-ring (bicyclic) bond motifs is 7. The number of carbonyl (C=O) groups is 7. The van der Waals surface area contributed by atoms with Crippen LogP contribution in [0.15, 0.2) is 67.8 Å². The average Bonchev–Trinajstić information content (AvgIpc) is 1.53. The van der Waals surface area contributed by atoms with Crippen molar-refractivity contribution in [1.29, 1.82) is 0 Å². The molecule has 92 heavy (non-hydrogen) atoms. The van der Waals surface area contributed by atoms with Gasteiger partial charge in [0, 0.05) is 108 Å². The number of primary amides is 6. The summed E-state index contributed by atoms with van der Waals surface area (Å²) < 4.78 is 49.4. The van der Waals surface area contributed by atoms with Gasteiger partial charge in [-0.25, -0.2) is 9.10 Å². The smallest absolute Gasteiger partial charge is 0.756 e. The third-order valence-corrected chi connectivity index (χ3v) is 21.6. The van der Waals surface area contributed by atoms with Gasteiger partial charge < -0.3 is 85.8 Å². The number of aliphatic hydroxyl groups excluding tert-OH is 2. The molecule has 15 N–H and O–H groups in total. The maximum atomic E-state index is 14.4. The summed E-state index contributed by atoms with van der Waals surface area (Å²) >= 11 is 0. The van der Waals surface area contributed by atoms with Gasteiger partial charge in [-0.2, -0.15) is 5.70 Å². The predicted octanol–water partition coefficient (Wildman–Crippen LogP) is 3.76. The van der Waals surface area contributed by atoms with E-state index >= 15 is 0 Å². The molecule has 2 saturated heterocycles. The maximum absolute atomic E-state index is 14.4. The van der Waals surface area contributed by atoms with Crippen LogP contribution < -0.4 is 44.6 Å². The Hall–Kier alpha value is -6.49. The Balaban J connectivity index is 0.00000278. The number of benzene rings is 1. The van der Waals surface area contributed by atoms with Crippen molar-refractivity contribution in [3.63, 3.8) is 0 Å². The molecule has 0 spiro atoms. The normalized spacial score (nSPS) is 31.8. The van der Waals surface area contributed by atoms with Gasteiger partial charge in [-0.05, 0) is 119 Å². The van der Waals surface area contributed by atoms with Crippen LogP contribution in [0.1, 0.15) is 154 Å². The van der Waals surface area contributed by atoms with Crippen molar-refractivity contribution in [3.8, 4) is 0 Å². The second-order valence-electron chi connectivity index (χ2n) is 27.0. The number of aromatic nitrogens is 2. The first kappa shape index (κ1) is 69.8. The Morgan fingerprint density at radius 3 is 1.99 bits per heavy atom. The van der Waals surface area contributed by atoms with Gasteiger partial charge >= 0.3 is 16.8 Å². The number of aliphatic hydroxyl groups is 2. The monoisotopic (exact) mass is 1350 g/mol. The Labute approximate surface area is 551 Å². The number of amides is 7. The third kappa shape index (κ3) is 14.1. The summed E-state index contributed by atoms with van der Waals surface area (Å²) in [6.45, 7) is 19.0. The van der Waals surface area contributed by atoms with Crippen molar-refractivity contribution in [1.82, 2.24) is 14.9 Å². The van der Waals surface area contributed by atoms with E-state index in [9.17, 15) is 53.2 Å². The first-order valence-corrected chi connectivity index (χ1v) is 32.0. The van der Waals surface area contributed by atoms with Crippen LogP contribution in [0.5, 0.6) is 0 Å². The molecular weight excluding hydrogens is 1250 g/mol. The maximum Gasteiger partial charge on any atom is 3.00 e. The molecule has 6 aliphatic heterocycles. The molecule has 0 saturated carbocycles. The van der Waals surface area contributed by atoms with Gasteiger partial charge in [0.25, 0.3) is 7.82 Å². The third-order valence-electron chi connectivity index (χ3n) is 20.5. The van der Waals surface area contributed by atoms with Gasteiger partial charge in [-0.1, -0.05) is 40.7 Å². The second kappa shape index (κ2) is 27.8. The Morgan fingerprint density at radius 2 is 1.41 bits per heavy atom. The summed E-state index contributed by atoms with van der Waals surface area (Å²) in [6.07, 6.45) is -4.79. The molecule has 1 unspecified atom stereocenters. The van der Waals surface area contributed by atoms with E-state index in [0.717, 1.165) is 11.1 Å². The van der Waals surface area contributed by atoms with Crippen molar-refractivity contribution in [2.24, 2.45) is 94.7 Å². The van der Waals surface area contributed by atoms with E-state index in [1.165, 1.54) is 17.8 Å². The summed E-state index contributed by atoms with van der Waals surface area (Å²) in [5.74, 6) is -7.40. The van der Waals surface area contributed by atoms with Crippen LogP contribution in [-0.4, -0.2) is 127 Å². The van der Waals surface area contributed by atoms with Crippen molar-refractivity contribution >= 4 is 77.3 Å². The fraction of sp³-hybridized carbons (Fsp3) is 0.619. The van der Waals surface area contributed by atoms with Gasteiger partial charge in [0.05, 0.1) is 41.3 Å². The Kier molecular flexibility index (Phi) is 21.1. The number of nitrogens with one attached hydrogen (secondary N) is 1. The fourth-order valence-corrected chi connectivity index (χ4v) is 16.4. The quantitative estimate of drug-likeness (QED) is 0.0368. The fourth-order valence-electron chi connectivity index (χ4n) is 15.3. The molecular formula is C63H91CoN13O14P. The molecule has 8 bridgehead atoms. The summed E-state index contributed by atoms with van der Waals surface area (Å²) in [5, 5.41) is 30.1. The number of ether oxygens (including phenoxy) is 1. The Morgan fingerprint density at radius 1 is 0.826 bits per heavy atom. The van der Waals surface area contributed by atoms with E-state index in [4.69, 9.17) is 72.6 Å². The minimum atomic E-state index is -5.32. The van der Waals surface area contributed by atoms with E-state index in [-0.39, 0.29) is 94.0 Å². The number of imidazole rings is 1. The summed E-state index contributed by atoms with van der Waals surface area (Å²) in [5.41, 5.74) is 36.7. The molecule has 2 fully saturated rings. The van der Waals surface area contributed by atoms with Crippen molar-refractivity contribution in [2.75, 3.05) is 13.2 Å². The molecule has 29 heteroatoms. The van der Waals surface area contributed by atoms with Crippen LogP contribution in [0.4, 0.5) is 0 Å². The van der Waals surface area contributed by atoms with Crippen LogP contribution in [0, 0.1) is 66.5 Å². The van der Waals surface area contributed by atoms with Gasteiger partial charge in [0.1, 0.15) is 18.3 Å². The number of hydrogen-bond donors (Lipinski definition) is 9.